The van der Waals surface area contributed by atoms with E-state index in [2.05, 4.69) is 168 Å². The normalized spacial score (nSPS) is 12.5. The van der Waals surface area contributed by atoms with Gasteiger partial charge in [-0.2, -0.15) is 26.3 Å². The molecule has 0 spiro atoms. The van der Waals surface area contributed by atoms with Crippen LogP contribution in [-0.2, 0) is 60.2 Å². The molecule has 0 aliphatic rings. The molecule has 0 aliphatic heterocycles. The van der Waals surface area contributed by atoms with E-state index >= 15 is 0 Å². The van der Waals surface area contributed by atoms with Crippen LogP contribution in [-0.4, -0.2) is 10.2 Å². The van der Waals surface area contributed by atoms with Crippen molar-refractivity contribution in [1.82, 2.24) is 0 Å². The summed E-state index contributed by atoms with van der Waals surface area (Å²) in [4.78, 5) is 0. The molecule has 0 heterocycles. The Morgan fingerprint density at radius 3 is 0.723 bits per heavy atom. The van der Waals surface area contributed by atoms with Crippen LogP contribution in [0.4, 0.5) is 26.3 Å². The molecule has 0 unspecified atom stereocenters. The molecular formula is C56H60F6O2Zr. The number of hydrogen-bond donors (Lipinski definition) is 2. The zero-order valence-electron chi connectivity index (χ0n) is 39.4. The van der Waals surface area contributed by atoms with Gasteiger partial charge in [0.2, 0.25) is 0 Å². The van der Waals surface area contributed by atoms with E-state index in [4.69, 9.17) is 10.2 Å². The molecule has 342 valence electrons. The van der Waals surface area contributed by atoms with Crippen molar-refractivity contribution >= 4 is 43.1 Å². The third kappa shape index (κ3) is 13.2. The second kappa shape index (κ2) is 19.5. The number of phenolic OH excluding ortho intramolecular Hbond substituents is 2. The van der Waals surface area contributed by atoms with Crippen molar-refractivity contribution < 1.29 is 62.8 Å². The number of fused-ring (bicyclic) bond motifs is 6. The summed E-state index contributed by atoms with van der Waals surface area (Å²) in [5, 5.41) is 28.4. The molecular weight excluding hydrogens is 910 g/mol. The van der Waals surface area contributed by atoms with Crippen LogP contribution >= 0.6 is 0 Å². The zero-order valence-corrected chi connectivity index (χ0v) is 41.8. The Bertz CT molecular complexity index is 2530. The van der Waals surface area contributed by atoms with Crippen molar-refractivity contribution in [3.8, 4) is 11.5 Å². The first-order valence-electron chi connectivity index (χ1n) is 21.3. The maximum atomic E-state index is 11.9. The molecule has 0 radical (unpaired) electrons. The van der Waals surface area contributed by atoms with Gasteiger partial charge in [0.1, 0.15) is 11.5 Å². The van der Waals surface area contributed by atoms with E-state index in [1.165, 1.54) is 89.6 Å². The van der Waals surface area contributed by atoms with Crippen LogP contribution in [0.1, 0.15) is 116 Å². The van der Waals surface area contributed by atoms with E-state index in [9.17, 15) is 26.3 Å². The zero-order chi connectivity index (χ0) is 47.8. The Balaban J connectivity index is 0.000000198. The van der Waals surface area contributed by atoms with Crippen LogP contribution in [0.25, 0.3) is 43.1 Å². The molecule has 0 aromatic heterocycles. The van der Waals surface area contributed by atoms with E-state index in [0.717, 1.165) is 24.3 Å². The largest absolute Gasteiger partial charge is 2.00 e. The monoisotopic (exact) mass is 968 g/mol. The fraction of sp³-hybridized carbons (Fsp3) is 0.321. The van der Waals surface area contributed by atoms with Gasteiger partial charge in [-0.25, -0.2) is 0 Å². The summed E-state index contributed by atoms with van der Waals surface area (Å²) < 4.78 is 71.3. The van der Waals surface area contributed by atoms with Crippen molar-refractivity contribution in [3.05, 3.63) is 167 Å². The van der Waals surface area contributed by atoms with Gasteiger partial charge >= 0.3 is 38.6 Å². The third-order valence-electron chi connectivity index (χ3n) is 11.3. The van der Waals surface area contributed by atoms with Crippen molar-refractivity contribution in [2.45, 2.75) is 117 Å². The van der Waals surface area contributed by atoms with E-state index in [-0.39, 0.29) is 47.9 Å². The van der Waals surface area contributed by atoms with E-state index in [1.54, 1.807) is 0 Å². The SMILES string of the molecule is CC(C)(C)c1ccc2c(c1)[cH-]c1cc(C(C)(C)C)ccc12.CC(C)(C)c1ccc2c(c1)[cH-]c1cc(C(C)(C)C)ccc12.Oc1ccccc1C(F)(F)F.Oc1ccccc1C(F)(F)F.[Zr+2]. The fourth-order valence-electron chi connectivity index (χ4n) is 7.34. The molecule has 8 aromatic carbocycles. The number of hydrogen-bond acceptors (Lipinski definition) is 2. The van der Waals surface area contributed by atoms with Gasteiger partial charge in [-0.05, 0) is 45.9 Å². The number of para-hydroxylation sites is 2. The maximum absolute atomic E-state index is 11.9. The minimum Gasteiger partial charge on any atom is -0.507 e. The Morgan fingerprint density at radius 1 is 0.338 bits per heavy atom. The van der Waals surface area contributed by atoms with Gasteiger partial charge in [0.05, 0.1) is 11.1 Å². The van der Waals surface area contributed by atoms with Gasteiger partial charge in [0, 0.05) is 0 Å². The molecule has 8 aromatic rings. The molecule has 0 saturated carbocycles. The smallest absolute Gasteiger partial charge is 0.507 e. The standard InChI is InChI=1S/2C21H25.2C7H5F3O.Zr/c2*1-20(2,3)16-7-9-18-14(12-16)11-15-13-17(21(4,5)6)8-10-19(15)18;2*8-7(9,10)5-3-1-2-4-6(5)11;/h2*7-13H,1-6H3;2*1-4,11H;/q2*-1;;;+2. The predicted octanol–water partition coefficient (Wildman–Crippen LogP) is 17.4. The number of halogens is 6. The number of alkyl halides is 6. The van der Waals surface area contributed by atoms with Gasteiger partial charge in [0.25, 0.3) is 0 Å². The molecule has 2 nitrogen and oxygen atoms in total. The average Bonchev–Trinajstić information content (AvgIpc) is 3.73. The molecule has 0 aliphatic carbocycles. The molecule has 2 N–H and O–H groups in total. The summed E-state index contributed by atoms with van der Waals surface area (Å²) in [5.74, 6) is -1.47. The van der Waals surface area contributed by atoms with Crippen molar-refractivity contribution in [1.29, 1.82) is 0 Å². The summed E-state index contributed by atoms with van der Waals surface area (Å²) in [6, 6.07) is 41.1. The van der Waals surface area contributed by atoms with Crippen LogP contribution in [0.3, 0.4) is 0 Å². The Kier molecular flexibility index (Phi) is 15.8. The molecule has 0 atom stereocenters. The van der Waals surface area contributed by atoms with Gasteiger partial charge < -0.3 is 10.2 Å². The molecule has 65 heavy (non-hydrogen) atoms. The number of aromatic hydroxyl groups is 2. The van der Waals surface area contributed by atoms with Gasteiger partial charge in [-0.3, -0.25) is 0 Å². The average molecular weight is 970 g/mol. The second-order valence-corrected chi connectivity index (χ2v) is 20.5. The van der Waals surface area contributed by atoms with Crippen LogP contribution < -0.4 is 0 Å². The summed E-state index contributed by atoms with van der Waals surface area (Å²) in [5.41, 5.74) is 4.43. The summed E-state index contributed by atoms with van der Waals surface area (Å²) in [7, 11) is 0. The molecule has 0 fully saturated rings. The van der Waals surface area contributed by atoms with Gasteiger partial charge in [0.15, 0.2) is 0 Å². The Labute approximate surface area is 399 Å². The van der Waals surface area contributed by atoms with E-state index < -0.39 is 35.0 Å². The quantitative estimate of drug-likeness (QED) is 0.117. The topological polar surface area (TPSA) is 40.5 Å². The van der Waals surface area contributed by atoms with E-state index in [0.29, 0.717) is 0 Å². The Hall–Kier alpha value is -4.88. The number of benzene rings is 6. The molecule has 0 bridgehead atoms. The first kappa shape index (κ1) is 52.7. The van der Waals surface area contributed by atoms with Crippen LogP contribution in [0.15, 0.2) is 133 Å². The number of rotatable bonds is 0. The summed E-state index contributed by atoms with van der Waals surface area (Å²) in [6.45, 7) is 27.3. The van der Waals surface area contributed by atoms with Crippen LogP contribution in [0, 0.1) is 0 Å². The molecule has 0 saturated heterocycles. The fourth-order valence-corrected chi connectivity index (χ4v) is 7.34. The van der Waals surface area contributed by atoms with Gasteiger partial charge in [-0.1, -0.05) is 178 Å². The molecule has 0 amide bonds. The minimum absolute atomic E-state index is 0. The van der Waals surface area contributed by atoms with Crippen LogP contribution in [0.5, 0.6) is 11.5 Å². The first-order chi connectivity index (χ1) is 29.4. The maximum Gasteiger partial charge on any atom is 2.00 e. The van der Waals surface area contributed by atoms with E-state index in [1.807, 2.05) is 0 Å². The summed E-state index contributed by atoms with van der Waals surface area (Å²) in [6.07, 6.45) is -8.93. The van der Waals surface area contributed by atoms with Crippen molar-refractivity contribution in [2.24, 2.45) is 0 Å². The summed E-state index contributed by atoms with van der Waals surface area (Å²) >= 11 is 0. The minimum atomic E-state index is -4.47. The van der Waals surface area contributed by atoms with Crippen LogP contribution in [0.2, 0.25) is 0 Å². The van der Waals surface area contributed by atoms with Crippen molar-refractivity contribution in [2.75, 3.05) is 0 Å². The third-order valence-corrected chi connectivity index (χ3v) is 11.3. The predicted molar refractivity (Wildman–Crippen MR) is 255 cm³/mol. The van der Waals surface area contributed by atoms with Crippen molar-refractivity contribution in [3.63, 3.8) is 0 Å². The second-order valence-electron chi connectivity index (χ2n) is 20.5. The molecule has 9 heteroatoms. The Morgan fingerprint density at radius 2 is 0.554 bits per heavy atom. The first-order valence-corrected chi connectivity index (χ1v) is 21.3. The molecule has 8 rings (SSSR count). The van der Waals surface area contributed by atoms with Gasteiger partial charge in [-0.15, -0.1) is 79.5 Å². The number of phenols is 2.